The van der Waals surface area contributed by atoms with Crippen molar-refractivity contribution in [2.75, 3.05) is 18.5 Å². The van der Waals surface area contributed by atoms with E-state index in [0.717, 1.165) is 17.0 Å². The van der Waals surface area contributed by atoms with Gasteiger partial charge in [0.25, 0.3) is 0 Å². The van der Waals surface area contributed by atoms with E-state index in [1.807, 2.05) is 54.1 Å². The highest BCUT2D eigenvalue weighted by molar-refractivity contribution is 5.89. The van der Waals surface area contributed by atoms with Crippen LogP contribution in [0.4, 0.5) is 14.9 Å². The monoisotopic (exact) mass is 407 g/mol. The Balaban J connectivity index is 1.68. The van der Waals surface area contributed by atoms with Crippen LogP contribution in [0.15, 0.2) is 79.5 Å². The van der Waals surface area contributed by atoms with Crippen molar-refractivity contribution in [1.82, 2.24) is 9.47 Å². The lowest BCUT2D eigenvalue weighted by Crippen LogP contribution is -2.35. The van der Waals surface area contributed by atoms with Crippen molar-refractivity contribution in [2.45, 2.75) is 20.0 Å². The number of anilines is 1. The molecule has 30 heavy (non-hydrogen) atoms. The molecule has 3 aromatic rings. The van der Waals surface area contributed by atoms with Crippen LogP contribution >= 0.6 is 0 Å². The molecule has 3 rings (SSSR count). The minimum Gasteiger partial charge on any atom is -0.494 e. The Bertz CT molecular complexity index is 965. The number of amides is 2. The van der Waals surface area contributed by atoms with E-state index in [1.165, 1.54) is 12.1 Å². The Hall–Kier alpha value is -3.54. The van der Waals surface area contributed by atoms with Gasteiger partial charge in [0.15, 0.2) is 0 Å². The Morgan fingerprint density at radius 1 is 1.17 bits per heavy atom. The zero-order valence-corrected chi connectivity index (χ0v) is 17.1. The van der Waals surface area contributed by atoms with Gasteiger partial charge in [-0.3, -0.25) is 0 Å². The third-order valence-electron chi connectivity index (χ3n) is 4.60. The minimum absolute atomic E-state index is 0.214. The van der Waals surface area contributed by atoms with Gasteiger partial charge in [-0.15, -0.1) is 6.58 Å². The molecule has 0 saturated heterocycles. The van der Waals surface area contributed by atoms with Gasteiger partial charge in [0.2, 0.25) is 0 Å². The number of hydrogen-bond acceptors (Lipinski definition) is 2. The lowest BCUT2D eigenvalue weighted by molar-refractivity contribution is 0.214. The Morgan fingerprint density at radius 2 is 1.90 bits per heavy atom. The molecule has 156 valence electrons. The number of carbonyl (C=O) groups is 1. The van der Waals surface area contributed by atoms with Crippen LogP contribution in [0.1, 0.15) is 18.2 Å². The first-order chi connectivity index (χ1) is 14.6. The summed E-state index contributed by atoms with van der Waals surface area (Å²) in [6.45, 7) is 7.72. The Labute approximate surface area is 176 Å². The van der Waals surface area contributed by atoms with Crippen molar-refractivity contribution < 1.29 is 13.9 Å². The molecule has 0 aliphatic carbocycles. The fourth-order valence-electron chi connectivity index (χ4n) is 3.11. The molecule has 5 nitrogen and oxygen atoms in total. The van der Waals surface area contributed by atoms with Crippen LogP contribution in [-0.4, -0.2) is 28.6 Å². The molecule has 0 aliphatic heterocycles. The predicted molar refractivity (Wildman–Crippen MR) is 117 cm³/mol. The van der Waals surface area contributed by atoms with E-state index in [4.69, 9.17) is 4.74 Å². The van der Waals surface area contributed by atoms with Crippen LogP contribution in [0.3, 0.4) is 0 Å². The van der Waals surface area contributed by atoms with E-state index < -0.39 is 0 Å². The third kappa shape index (κ3) is 5.73. The lowest BCUT2D eigenvalue weighted by Gasteiger charge is -2.23. The van der Waals surface area contributed by atoms with Gasteiger partial charge in [-0.05, 0) is 61.0 Å². The summed E-state index contributed by atoms with van der Waals surface area (Å²) >= 11 is 0. The van der Waals surface area contributed by atoms with Crippen LogP contribution in [0, 0.1) is 5.82 Å². The lowest BCUT2D eigenvalue weighted by atomic mass is 10.2. The highest BCUT2D eigenvalue weighted by Crippen LogP contribution is 2.17. The molecule has 0 unspecified atom stereocenters. The fourth-order valence-corrected chi connectivity index (χ4v) is 3.11. The normalized spacial score (nSPS) is 10.5. The first-order valence-electron chi connectivity index (χ1n) is 9.87. The number of aromatic nitrogens is 1. The van der Waals surface area contributed by atoms with Crippen molar-refractivity contribution in [1.29, 1.82) is 0 Å². The molecule has 0 atom stereocenters. The van der Waals surface area contributed by atoms with Gasteiger partial charge in [-0.25, -0.2) is 9.18 Å². The molecule has 0 fully saturated rings. The van der Waals surface area contributed by atoms with Crippen LogP contribution in [0.5, 0.6) is 5.75 Å². The summed E-state index contributed by atoms with van der Waals surface area (Å²) in [5.41, 5.74) is 2.66. The topological polar surface area (TPSA) is 46.5 Å². The van der Waals surface area contributed by atoms with Gasteiger partial charge < -0.3 is 19.5 Å². The summed E-state index contributed by atoms with van der Waals surface area (Å²) in [6.07, 6.45) is 3.65. The highest BCUT2D eigenvalue weighted by Gasteiger charge is 2.15. The molecular formula is C24H26FN3O2. The number of nitrogens with one attached hydrogen (secondary N) is 1. The van der Waals surface area contributed by atoms with Crippen LogP contribution in [0.25, 0.3) is 0 Å². The van der Waals surface area contributed by atoms with E-state index in [-0.39, 0.29) is 11.8 Å². The molecule has 0 saturated carbocycles. The first-order valence-corrected chi connectivity index (χ1v) is 9.87. The van der Waals surface area contributed by atoms with Gasteiger partial charge in [-0.2, -0.15) is 0 Å². The molecule has 0 spiro atoms. The Kier molecular flexibility index (Phi) is 7.27. The number of halogens is 1. The van der Waals surface area contributed by atoms with Crippen molar-refractivity contribution in [3.05, 3.63) is 96.6 Å². The maximum Gasteiger partial charge on any atom is 0.322 e. The zero-order valence-electron chi connectivity index (χ0n) is 17.1. The van der Waals surface area contributed by atoms with Crippen LogP contribution < -0.4 is 10.1 Å². The number of benzene rings is 2. The molecule has 6 heteroatoms. The number of carbonyl (C=O) groups excluding carboxylic acids is 1. The van der Waals surface area contributed by atoms with Gasteiger partial charge in [0, 0.05) is 30.7 Å². The van der Waals surface area contributed by atoms with Crippen molar-refractivity contribution in [2.24, 2.45) is 0 Å². The van der Waals surface area contributed by atoms with E-state index in [2.05, 4.69) is 11.9 Å². The van der Waals surface area contributed by atoms with E-state index in [0.29, 0.717) is 31.9 Å². The van der Waals surface area contributed by atoms with E-state index in [1.54, 1.807) is 23.1 Å². The number of nitrogens with zero attached hydrogens (tertiary/aromatic N) is 2. The molecular weight excluding hydrogens is 381 g/mol. The molecule has 2 amide bonds. The summed E-state index contributed by atoms with van der Waals surface area (Å²) in [5, 5.41) is 2.92. The molecule has 1 N–H and O–H groups in total. The zero-order chi connectivity index (χ0) is 21.3. The highest BCUT2D eigenvalue weighted by atomic mass is 19.1. The standard InChI is InChI=1S/C24H26FN3O2/c1-3-15-28(24(29)26-21-11-13-23(14-12-21)30-4-2)18-22-6-5-16-27(22)17-19-7-9-20(25)10-8-19/h3,5-14,16H,1,4,15,17-18H2,2H3,(H,26,29). The average molecular weight is 407 g/mol. The average Bonchev–Trinajstić information content (AvgIpc) is 3.17. The summed E-state index contributed by atoms with van der Waals surface area (Å²) in [7, 11) is 0. The molecule has 1 aromatic heterocycles. The fraction of sp³-hybridized carbons (Fsp3) is 0.208. The molecule has 1 heterocycles. The SMILES string of the molecule is C=CCN(Cc1cccn1Cc1ccc(F)cc1)C(=O)Nc1ccc(OCC)cc1. The molecule has 0 aliphatic rings. The number of hydrogen-bond donors (Lipinski definition) is 1. The largest absolute Gasteiger partial charge is 0.494 e. The summed E-state index contributed by atoms with van der Waals surface area (Å²) in [4.78, 5) is 14.5. The molecule has 0 bridgehead atoms. The second-order valence-corrected chi connectivity index (χ2v) is 6.81. The third-order valence-corrected chi connectivity index (χ3v) is 4.60. The summed E-state index contributed by atoms with van der Waals surface area (Å²) < 4.78 is 20.6. The maximum absolute atomic E-state index is 13.2. The van der Waals surface area contributed by atoms with Gasteiger partial charge in [-0.1, -0.05) is 18.2 Å². The molecule has 0 radical (unpaired) electrons. The van der Waals surface area contributed by atoms with Crippen molar-refractivity contribution >= 4 is 11.7 Å². The predicted octanol–water partition coefficient (Wildman–Crippen LogP) is 5.29. The number of ether oxygens (including phenoxy) is 1. The quantitative estimate of drug-likeness (QED) is 0.490. The Morgan fingerprint density at radius 3 is 2.57 bits per heavy atom. The summed E-state index contributed by atoms with van der Waals surface area (Å²) in [6, 6.07) is 17.4. The van der Waals surface area contributed by atoms with Gasteiger partial charge >= 0.3 is 6.03 Å². The second-order valence-electron chi connectivity index (χ2n) is 6.81. The van der Waals surface area contributed by atoms with E-state index >= 15 is 0 Å². The molecule has 2 aromatic carbocycles. The maximum atomic E-state index is 13.2. The summed E-state index contributed by atoms with van der Waals surface area (Å²) in [5.74, 6) is 0.506. The number of rotatable bonds is 9. The van der Waals surface area contributed by atoms with Crippen molar-refractivity contribution in [3.63, 3.8) is 0 Å². The van der Waals surface area contributed by atoms with Crippen LogP contribution in [0.2, 0.25) is 0 Å². The van der Waals surface area contributed by atoms with E-state index in [9.17, 15) is 9.18 Å². The van der Waals surface area contributed by atoms with Crippen LogP contribution in [-0.2, 0) is 13.1 Å². The van der Waals surface area contributed by atoms with Gasteiger partial charge in [0.05, 0.1) is 13.2 Å². The van der Waals surface area contributed by atoms with Gasteiger partial charge in [0.1, 0.15) is 11.6 Å². The first kappa shape index (κ1) is 21.2. The van der Waals surface area contributed by atoms with Crippen molar-refractivity contribution in [3.8, 4) is 5.75 Å². The smallest absolute Gasteiger partial charge is 0.322 e. The number of urea groups is 1. The minimum atomic E-state index is -0.255. The second kappa shape index (κ2) is 10.3.